The highest BCUT2D eigenvalue weighted by Gasteiger charge is 2.43. The van der Waals surface area contributed by atoms with Crippen LogP contribution in [0.1, 0.15) is 55.6 Å². The van der Waals surface area contributed by atoms with E-state index in [-0.39, 0.29) is 11.3 Å². The maximum Gasteiger partial charge on any atom is 0.272 e. The minimum absolute atomic E-state index is 0.0898. The summed E-state index contributed by atoms with van der Waals surface area (Å²) >= 11 is 1.64. The number of pyridine rings is 1. The van der Waals surface area contributed by atoms with Gasteiger partial charge in [0.25, 0.3) is 5.91 Å². The molecule has 0 radical (unpaired) electrons. The van der Waals surface area contributed by atoms with Crippen molar-refractivity contribution in [1.29, 1.82) is 0 Å². The molecule has 250 valence electrons. The van der Waals surface area contributed by atoms with E-state index in [9.17, 15) is 4.79 Å². The topological polar surface area (TPSA) is 113 Å². The zero-order chi connectivity index (χ0) is 33.5. The van der Waals surface area contributed by atoms with E-state index in [1.807, 2.05) is 66.3 Å². The summed E-state index contributed by atoms with van der Waals surface area (Å²) in [5, 5.41) is 10.8. The first kappa shape index (κ1) is 32.3. The Bertz CT molecular complexity index is 1990. The Kier molecular flexibility index (Phi) is 8.76. The summed E-state index contributed by atoms with van der Waals surface area (Å²) < 4.78 is 21.1. The smallest absolute Gasteiger partial charge is 0.272 e. The molecule has 4 heterocycles. The Hall–Kier alpha value is -4.22. The maximum absolute atomic E-state index is 13.3. The molecule has 10 heteroatoms. The SMILES string of the molecule is COc1cc(-c2csc3c(/C=C/CNC4CCC5(CC4)OCC(C)(C)CO5)cnc(N)c23)ccc1NC(=O)c1cc2ccccc2n1C. The molecule has 1 amide bonds. The van der Waals surface area contributed by atoms with Gasteiger partial charge < -0.3 is 35.1 Å². The molecule has 1 saturated heterocycles. The second-order valence-electron chi connectivity index (χ2n) is 13.7. The van der Waals surface area contributed by atoms with Gasteiger partial charge in [-0.3, -0.25) is 4.79 Å². The molecular weight excluding hydrogens is 623 g/mol. The van der Waals surface area contributed by atoms with Crippen molar-refractivity contribution < 1.29 is 19.0 Å². The molecule has 2 aromatic carbocycles. The number of hydrogen-bond acceptors (Lipinski definition) is 8. The van der Waals surface area contributed by atoms with Crippen LogP contribution in [-0.4, -0.2) is 54.2 Å². The van der Waals surface area contributed by atoms with Crippen LogP contribution in [0.4, 0.5) is 11.5 Å². The number of rotatable bonds is 8. The number of nitrogens with two attached hydrogens (primary N) is 1. The highest BCUT2D eigenvalue weighted by molar-refractivity contribution is 7.18. The maximum atomic E-state index is 13.3. The van der Waals surface area contributed by atoms with E-state index in [1.54, 1.807) is 18.4 Å². The normalized spacial score (nSPS) is 17.8. The number of nitrogen functional groups attached to an aromatic ring is 1. The molecule has 9 nitrogen and oxygen atoms in total. The molecule has 2 aliphatic rings. The number of para-hydroxylation sites is 1. The lowest BCUT2D eigenvalue weighted by atomic mass is 9.87. The minimum atomic E-state index is -0.391. The second kappa shape index (κ2) is 13.0. The third-order valence-corrected chi connectivity index (χ3v) is 10.6. The molecule has 1 aliphatic carbocycles. The van der Waals surface area contributed by atoms with Crippen LogP contribution in [0.2, 0.25) is 0 Å². The van der Waals surface area contributed by atoms with E-state index in [2.05, 4.69) is 47.0 Å². The molecule has 0 unspecified atom stereocenters. The average molecular weight is 666 g/mol. The Labute approximate surface area is 285 Å². The van der Waals surface area contributed by atoms with Crippen molar-refractivity contribution in [2.75, 3.05) is 37.9 Å². The van der Waals surface area contributed by atoms with Crippen molar-refractivity contribution in [3.63, 3.8) is 0 Å². The molecule has 48 heavy (non-hydrogen) atoms. The first-order chi connectivity index (χ1) is 23.2. The summed E-state index contributed by atoms with van der Waals surface area (Å²) in [6.07, 6.45) is 10.0. The van der Waals surface area contributed by atoms with Crippen molar-refractivity contribution in [2.45, 2.75) is 51.4 Å². The lowest BCUT2D eigenvalue weighted by Gasteiger charge is -2.46. The predicted octanol–water partition coefficient (Wildman–Crippen LogP) is 7.61. The number of ether oxygens (including phenoxy) is 3. The van der Waals surface area contributed by atoms with Crippen LogP contribution in [0.25, 0.3) is 38.2 Å². The number of nitrogens with one attached hydrogen (secondary N) is 2. The number of amides is 1. The average Bonchev–Trinajstić information content (AvgIpc) is 3.69. The van der Waals surface area contributed by atoms with Gasteiger partial charge in [0.05, 0.1) is 26.0 Å². The number of carbonyl (C=O) groups excluding carboxylic acids is 1. The fraction of sp³-hybridized carbons (Fsp3) is 0.368. The number of aryl methyl sites for hydroxylation is 1. The lowest BCUT2D eigenvalue weighted by molar-refractivity contribution is -0.311. The first-order valence-electron chi connectivity index (χ1n) is 16.5. The first-order valence-corrected chi connectivity index (χ1v) is 17.4. The third-order valence-electron chi connectivity index (χ3n) is 9.62. The zero-order valence-corrected chi connectivity index (χ0v) is 28.8. The van der Waals surface area contributed by atoms with E-state index >= 15 is 0 Å². The van der Waals surface area contributed by atoms with E-state index in [1.165, 1.54) is 0 Å². The van der Waals surface area contributed by atoms with Crippen molar-refractivity contribution >= 4 is 55.8 Å². The van der Waals surface area contributed by atoms with Crippen LogP contribution in [0.5, 0.6) is 5.75 Å². The monoisotopic (exact) mass is 665 g/mol. The second-order valence-corrected chi connectivity index (χ2v) is 14.6. The molecule has 5 aromatic rings. The summed E-state index contributed by atoms with van der Waals surface area (Å²) in [5.74, 6) is 0.447. The van der Waals surface area contributed by atoms with Crippen molar-refractivity contribution in [3.05, 3.63) is 77.4 Å². The number of nitrogens with zero attached hydrogens (tertiary/aromatic N) is 2. The number of aromatic nitrogens is 2. The van der Waals surface area contributed by atoms with Gasteiger partial charge in [-0.25, -0.2) is 4.98 Å². The van der Waals surface area contributed by atoms with Gasteiger partial charge in [0.15, 0.2) is 5.79 Å². The quantitative estimate of drug-likeness (QED) is 0.156. The fourth-order valence-corrected chi connectivity index (χ4v) is 7.86. The van der Waals surface area contributed by atoms with Gasteiger partial charge >= 0.3 is 0 Å². The number of thiophene rings is 1. The molecule has 4 N–H and O–H groups in total. The van der Waals surface area contributed by atoms with Gasteiger partial charge in [-0.15, -0.1) is 11.3 Å². The van der Waals surface area contributed by atoms with Crippen molar-refractivity contribution in [3.8, 4) is 16.9 Å². The number of hydrogen-bond donors (Lipinski definition) is 3. The molecule has 1 aliphatic heterocycles. The van der Waals surface area contributed by atoms with Crippen LogP contribution < -0.4 is 21.1 Å². The fourth-order valence-electron chi connectivity index (χ4n) is 6.78. The summed E-state index contributed by atoms with van der Waals surface area (Å²) in [7, 11) is 3.50. The van der Waals surface area contributed by atoms with Gasteiger partial charge in [0, 0.05) is 76.2 Å². The van der Waals surface area contributed by atoms with E-state index in [4.69, 9.17) is 19.9 Å². The standard InChI is InChI=1S/C38H43N5O4S/c1-37(2)22-46-38(47-23-37)15-13-27(14-16-38)40-17-7-9-26-20-41-35(39)33-28(21-48-34(26)33)24-11-12-29(32(19-24)45-4)42-36(44)31-18-25-8-5-6-10-30(25)43(31)3/h5-12,18-21,27,40H,13-17,22-23H2,1-4H3,(H2,39,41)(H,42,44)/b9-7+. The third kappa shape index (κ3) is 6.33. The number of methoxy groups -OCH3 is 1. The largest absolute Gasteiger partial charge is 0.495 e. The van der Waals surface area contributed by atoms with Crippen LogP contribution in [-0.2, 0) is 16.5 Å². The van der Waals surface area contributed by atoms with Crippen LogP contribution in [0, 0.1) is 5.41 Å². The van der Waals surface area contributed by atoms with Gasteiger partial charge in [-0.05, 0) is 48.1 Å². The van der Waals surface area contributed by atoms with Gasteiger partial charge in [0.2, 0.25) is 0 Å². The highest BCUT2D eigenvalue weighted by Crippen LogP contribution is 2.42. The molecule has 3 aromatic heterocycles. The Morgan fingerprint density at radius 1 is 1.15 bits per heavy atom. The van der Waals surface area contributed by atoms with Crippen LogP contribution in [0.3, 0.4) is 0 Å². The number of anilines is 2. The van der Waals surface area contributed by atoms with Crippen LogP contribution >= 0.6 is 11.3 Å². The number of benzene rings is 2. The van der Waals surface area contributed by atoms with E-state index in [0.717, 1.165) is 83.1 Å². The molecular formula is C38H43N5O4S. The summed E-state index contributed by atoms with van der Waals surface area (Å²) in [5.41, 5.74) is 11.6. The zero-order valence-electron chi connectivity index (χ0n) is 28.0. The van der Waals surface area contributed by atoms with Gasteiger partial charge in [-0.2, -0.15) is 0 Å². The van der Waals surface area contributed by atoms with Gasteiger partial charge in [0.1, 0.15) is 17.3 Å². The van der Waals surface area contributed by atoms with Gasteiger partial charge in [-0.1, -0.05) is 50.3 Å². The van der Waals surface area contributed by atoms with Crippen molar-refractivity contribution in [1.82, 2.24) is 14.9 Å². The Balaban J connectivity index is 1.03. The number of fused-ring (bicyclic) bond motifs is 2. The lowest BCUT2D eigenvalue weighted by Crippen LogP contribution is -2.51. The minimum Gasteiger partial charge on any atom is -0.495 e. The molecule has 0 bridgehead atoms. The summed E-state index contributed by atoms with van der Waals surface area (Å²) in [6.45, 7) is 6.65. The molecule has 0 atom stereocenters. The summed E-state index contributed by atoms with van der Waals surface area (Å²) in [6, 6.07) is 16.1. The predicted molar refractivity (Wildman–Crippen MR) is 195 cm³/mol. The van der Waals surface area contributed by atoms with E-state index in [0.29, 0.717) is 29.0 Å². The molecule has 2 fully saturated rings. The molecule has 1 spiro atoms. The summed E-state index contributed by atoms with van der Waals surface area (Å²) in [4.78, 5) is 17.8. The number of carbonyl (C=O) groups is 1. The highest BCUT2D eigenvalue weighted by atomic mass is 32.1. The molecule has 1 saturated carbocycles. The van der Waals surface area contributed by atoms with Crippen molar-refractivity contribution in [2.24, 2.45) is 12.5 Å². The Morgan fingerprint density at radius 2 is 1.92 bits per heavy atom. The Morgan fingerprint density at radius 3 is 2.67 bits per heavy atom. The van der Waals surface area contributed by atoms with Crippen LogP contribution in [0.15, 0.2) is 66.2 Å². The molecule has 7 rings (SSSR count). The van der Waals surface area contributed by atoms with E-state index < -0.39 is 5.79 Å².